The summed E-state index contributed by atoms with van der Waals surface area (Å²) in [5, 5.41) is 0. The van der Waals surface area contributed by atoms with Gasteiger partial charge in [0.05, 0.1) is 11.9 Å². The van der Waals surface area contributed by atoms with Crippen LogP contribution in [0.1, 0.15) is 46.5 Å². The summed E-state index contributed by atoms with van der Waals surface area (Å²) in [5.41, 5.74) is 1.37. The van der Waals surface area contributed by atoms with Crippen molar-refractivity contribution in [2.45, 2.75) is 52.6 Å². The maximum Gasteiger partial charge on any atom is 0.0977 e. The number of halogens is 1. The lowest BCUT2D eigenvalue weighted by Crippen LogP contribution is -2.11. The number of ether oxygens (including phenoxy) is 1. The first kappa shape index (κ1) is 12.1. The SMILES string of the molecule is CCC(CC)OC1=CC(C)=C(I)CC1. The van der Waals surface area contributed by atoms with E-state index in [-0.39, 0.29) is 0 Å². The molecular formula is C12H19IO. The zero-order valence-corrected chi connectivity index (χ0v) is 11.4. The van der Waals surface area contributed by atoms with Gasteiger partial charge in [0.15, 0.2) is 0 Å². The molecule has 0 saturated heterocycles. The van der Waals surface area contributed by atoms with Gasteiger partial charge in [0.25, 0.3) is 0 Å². The predicted molar refractivity (Wildman–Crippen MR) is 69.5 cm³/mol. The number of rotatable bonds is 4. The van der Waals surface area contributed by atoms with E-state index in [1.165, 1.54) is 14.9 Å². The molecule has 1 aliphatic rings. The van der Waals surface area contributed by atoms with Crippen molar-refractivity contribution in [3.05, 3.63) is 21.0 Å². The Morgan fingerprint density at radius 1 is 1.36 bits per heavy atom. The molecular weight excluding hydrogens is 287 g/mol. The van der Waals surface area contributed by atoms with Gasteiger partial charge in [0.1, 0.15) is 0 Å². The van der Waals surface area contributed by atoms with Crippen molar-refractivity contribution in [2.75, 3.05) is 0 Å². The fourth-order valence-corrected chi connectivity index (χ4v) is 2.01. The summed E-state index contributed by atoms with van der Waals surface area (Å²) in [4.78, 5) is 0. The zero-order chi connectivity index (χ0) is 10.6. The van der Waals surface area contributed by atoms with Crippen molar-refractivity contribution in [1.82, 2.24) is 0 Å². The van der Waals surface area contributed by atoms with Crippen LogP contribution >= 0.6 is 22.6 Å². The molecule has 2 heteroatoms. The Hall–Kier alpha value is 0.01000. The number of hydrogen-bond acceptors (Lipinski definition) is 1. The number of allylic oxidation sites excluding steroid dienone is 4. The summed E-state index contributed by atoms with van der Waals surface area (Å²) in [5.74, 6) is 1.18. The van der Waals surface area contributed by atoms with Gasteiger partial charge in [0.2, 0.25) is 0 Å². The number of hydrogen-bond donors (Lipinski definition) is 0. The Morgan fingerprint density at radius 3 is 2.50 bits per heavy atom. The minimum atomic E-state index is 0.407. The van der Waals surface area contributed by atoms with Gasteiger partial charge in [-0.15, -0.1) is 0 Å². The van der Waals surface area contributed by atoms with Gasteiger partial charge in [0, 0.05) is 6.42 Å². The van der Waals surface area contributed by atoms with Crippen LogP contribution in [0.2, 0.25) is 0 Å². The van der Waals surface area contributed by atoms with E-state index in [9.17, 15) is 0 Å². The minimum Gasteiger partial charge on any atom is -0.495 e. The summed E-state index contributed by atoms with van der Waals surface area (Å²) < 4.78 is 7.40. The fraction of sp³-hybridized carbons (Fsp3) is 0.667. The molecule has 14 heavy (non-hydrogen) atoms. The lowest BCUT2D eigenvalue weighted by Gasteiger charge is -2.21. The van der Waals surface area contributed by atoms with Gasteiger partial charge in [-0.2, -0.15) is 0 Å². The summed E-state index contributed by atoms with van der Waals surface area (Å²) in [7, 11) is 0. The molecule has 0 saturated carbocycles. The Kier molecular flexibility index (Phi) is 4.99. The topological polar surface area (TPSA) is 9.23 Å². The van der Waals surface area contributed by atoms with Crippen LogP contribution in [0.15, 0.2) is 21.0 Å². The van der Waals surface area contributed by atoms with Crippen LogP contribution in [0.25, 0.3) is 0 Å². The Balaban J connectivity index is 2.58. The normalized spacial score (nSPS) is 17.4. The molecule has 0 fully saturated rings. The van der Waals surface area contributed by atoms with E-state index in [0.717, 1.165) is 25.7 Å². The second kappa shape index (κ2) is 5.79. The maximum atomic E-state index is 5.93. The van der Waals surface area contributed by atoms with Gasteiger partial charge in [-0.1, -0.05) is 13.8 Å². The quantitative estimate of drug-likeness (QED) is 0.691. The molecule has 1 rings (SSSR count). The molecule has 80 valence electrons. The Morgan fingerprint density at radius 2 is 2.00 bits per heavy atom. The smallest absolute Gasteiger partial charge is 0.0977 e. The molecule has 0 amide bonds. The molecule has 0 spiro atoms. The van der Waals surface area contributed by atoms with E-state index < -0.39 is 0 Å². The average molecular weight is 306 g/mol. The third-order valence-corrected chi connectivity index (χ3v) is 4.02. The van der Waals surface area contributed by atoms with Crippen molar-refractivity contribution in [3.63, 3.8) is 0 Å². The van der Waals surface area contributed by atoms with Crippen molar-refractivity contribution in [2.24, 2.45) is 0 Å². The van der Waals surface area contributed by atoms with Crippen LogP contribution in [0.3, 0.4) is 0 Å². The molecule has 0 aromatic carbocycles. The van der Waals surface area contributed by atoms with Gasteiger partial charge in [-0.05, 0) is 64.0 Å². The second-order valence-corrected chi connectivity index (χ2v) is 5.06. The lowest BCUT2D eigenvalue weighted by atomic mass is 10.1. The first-order valence-corrected chi connectivity index (χ1v) is 6.47. The van der Waals surface area contributed by atoms with Gasteiger partial charge in [-0.25, -0.2) is 0 Å². The molecule has 0 aliphatic heterocycles. The van der Waals surface area contributed by atoms with Crippen molar-refractivity contribution < 1.29 is 4.74 Å². The van der Waals surface area contributed by atoms with Crippen molar-refractivity contribution in [3.8, 4) is 0 Å². The summed E-state index contributed by atoms with van der Waals surface area (Å²) in [6.45, 7) is 6.53. The summed E-state index contributed by atoms with van der Waals surface area (Å²) in [6, 6.07) is 0. The largest absolute Gasteiger partial charge is 0.495 e. The molecule has 1 aliphatic carbocycles. The summed E-state index contributed by atoms with van der Waals surface area (Å²) >= 11 is 2.42. The average Bonchev–Trinajstić information content (AvgIpc) is 2.19. The van der Waals surface area contributed by atoms with Crippen LogP contribution in [0, 0.1) is 0 Å². The highest BCUT2D eigenvalue weighted by Crippen LogP contribution is 2.29. The Bertz CT molecular complexity index is 249. The van der Waals surface area contributed by atoms with E-state index >= 15 is 0 Å². The van der Waals surface area contributed by atoms with E-state index in [4.69, 9.17) is 4.74 Å². The van der Waals surface area contributed by atoms with Crippen LogP contribution in [-0.4, -0.2) is 6.10 Å². The maximum absolute atomic E-state index is 5.93. The monoisotopic (exact) mass is 306 g/mol. The molecule has 0 radical (unpaired) electrons. The third-order valence-electron chi connectivity index (χ3n) is 2.62. The highest BCUT2D eigenvalue weighted by molar-refractivity contribution is 14.1. The molecule has 0 unspecified atom stereocenters. The first-order valence-electron chi connectivity index (χ1n) is 5.39. The van der Waals surface area contributed by atoms with Crippen LogP contribution in [0.5, 0.6) is 0 Å². The standard InChI is InChI=1S/C12H19IO/c1-4-10(5-2)14-11-6-7-12(13)9(3)8-11/h8,10H,4-7H2,1-3H3. The second-order valence-electron chi connectivity index (χ2n) is 3.75. The molecule has 0 heterocycles. The first-order chi connectivity index (χ1) is 6.67. The Labute approximate surface area is 101 Å². The lowest BCUT2D eigenvalue weighted by molar-refractivity contribution is 0.102. The van der Waals surface area contributed by atoms with Gasteiger partial charge < -0.3 is 4.74 Å². The van der Waals surface area contributed by atoms with E-state index in [2.05, 4.69) is 49.4 Å². The van der Waals surface area contributed by atoms with Gasteiger partial charge >= 0.3 is 0 Å². The van der Waals surface area contributed by atoms with Crippen molar-refractivity contribution in [1.29, 1.82) is 0 Å². The highest BCUT2D eigenvalue weighted by atomic mass is 127. The van der Waals surface area contributed by atoms with Gasteiger partial charge in [-0.3, -0.25) is 0 Å². The third kappa shape index (κ3) is 3.30. The van der Waals surface area contributed by atoms with E-state index in [1.54, 1.807) is 0 Å². The summed E-state index contributed by atoms with van der Waals surface area (Å²) in [6.07, 6.45) is 7.04. The molecule has 0 N–H and O–H groups in total. The molecule has 0 atom stereocenters. The molecule has 0 bridgehead atoms. The molecule has 0 aromatic rings. The van der Waals surface area contributed by atoms with Crippen LogP contribution in [0.4, 0.5) is 0 Å². The molecule has 0 aromatic heterocycles. The molecule has 1 nitrogen and oxygen atoms in total. The fourth-order valence-electron chi connectivity index (χ4n) is 1.58. The highest BCUT2D eigenvalue weighted by Gasteiger charge is 2.12. The zero-order valence-electron chi connectivity index (χ0n) is 9.27. The van der Waals surface area contributed by atoms with E-state index in [0.29, 0.717) is 6.10 Å². The van der Waals surface area contributed by atoms with Crippen LogP contribution in [-0.2, 0) is 4.74 Å². The van der Waals surface area contributed by atoms with Crippen LogP contribution < -0.4 is 0 Å². The minimum absolute atomic E-state index is 0.407. The van der Waals surface area contributed by atoms with E-state index in [1.807, 2.05) is 0 Å². The van der Waals surface area contributed by atoms with Crippen molar-refractivity contribution >= 4 is 22.6 Å². The predicted octanol–water partition coefficient (Wildman–Crippen LogP) is 4.58.